The molecule has 0 aromatic carbocycles. The van der Waals surface area contributed by atoms with E-state index >= 15 is 0 Å². The van der Waals surface area contributed by atoms with E-state index in [1.165, 1.54) is 19.3 Å². The van der Waals surface area contributed by atoms with Crippen LogP contribution in [0.5, 0.6) is 0 Å². The molecule has 0 bridgehead atoms. The molecule has 0 aromatic rings. The Morgan fingerprint density at radius 2 is 1.53 bits per heavy atom. The van der Waals surface area contributed by atoms with E-state index in [-0.39, 0.29) is 5.79 Å². The molecule has 3 fully saturated rings. The minimum Gasteiger partial charge on any atom is -0.375 e. The first kappa shape index (κ1) is 13.8. The van der Waals surface area contributed by atoms with Crippen molar-refractivity contribution in [3.05, 3.63) is 0 Å². The average Bonchev–Trinajstić information content (AvgIpc) is 2.86. The van der Waals surface area contributed by atoms with Crippen LogP contribution in [0.1, 0.15) is 58.8 Å². The highest BCUT2D eigenvalue weighted by Crippen LogP contribution is 2.38. The first-order chi connectivity index (χ1) is 9.17. The first-order valence-electron chi connectivity index (χ1n) is 8.10. The normalized spacial score (nSPS) is 39.8. The molecule has 3 rings (SSSR count). The Kier molecular flexibility index (Phi) is 4.16. The van der Waals surface area contributed by atoms with Gasteiger partial charge in [-0.05, 0) is 43.9 Å². The van der Waals surface area contributed by atoms with Crippen LogP contribution in [0.4, 0.5) is 0 Å². The molecule has 19 heavy (non-hydrogen) atoms. The van der Waals surface area contributed by atoms with Crippen molar-refractivity contribution in [2.45, 2.75) is 76.8 Å². The summed E-state index contributed by atoms with van der Waals surface area (Å²) in [6, 6.07) is 0. The quantitative estimate of drug-likeness (QED) is 0.767. The van der Waals surface area contributed by atoms with E-state index in [0.29, 0.717) is 12.2 Å². The molecule has 0 amide bonds. The minimum absolute atomic E-state index is 0.242. The molecule has 3 aliphatic rings. The first-order valence-corrected chi connectivity index (χ1v) is 8.10. The molecule has 3 unspecified atom stereocenters. The largest absolute Gasteiger partial charge is 0.375 e. The number of ether oxygens (including phenoxy) is 3. The summed E-state index contributed by atoms with van der Waals surface area (Å²) in [6.07, 6.45) is 8.97. The van der Waals surface area contributed by atoms with E-state index in [1.54, 1.807) is 0 Å². The summed E-state index contributed by atoms with van der Waals surface area (Å²) in [4.78, 5) is 0. The molecule has 1 heterocycles. The van der Waals surface area contributed by atoms with Crippen molar-refractivity contribution < 1.29 is 14.2 Å². The monoisotopic (exact) mass is 268 g/mol. The predicted octanol–water partition coefficient (Wildman–Crippen LogP) is 3.51. The Morgan fingerprint density at radius 3 is 2.16 bits per heavy atom. The summed E-state index contributed by atoms with van der Waals surface area (Å²) in [6.45, 7) is 6.28. The van der Waals surface area contributed by atoms with Gasteiger partial charge in [0.2, 0.25) is 0 Å². The van der Waals surface area contributed by atoms with Crippen LogP contribution in [-0.2, 0) is 14.2 Å². The SMILES string of the molecule is CC1CCC(OC2CCC3(CC2)OCCO3)CC1C. The number of hydrogen-bond donors (Lipinski definition) is 0. The molecule has 0 radical (unpaired) electrons. The van der Waals surface area contributed by atoms with E-state index in [9.17, 15) is 0 Å². The fraction of sp³-hybridized carbons (Fsp3) is 1.00. The summed E-state index contributed by atoms with van der Waals surface area (Å²) in [5.74, 6) is 1.44. The molecule has 1 spiro atoms. The lowest BCUT2D eigenvalue weighted by molar-refractivity contribution is -0.197. The van der Waals surface area contributed by atoms with Crippen LogP contribution in [0, 0.1) is 11.8 Å². The summed E-state index contributed by atoms with van der Waals surface area (Å²) in [5.41, 5.74) is 0. The lowest BCUT2D eigenvalue weighted by Gasteiger charge is -2.39. The van der Waals surface area contributed by atoms with Gasteiger partial charge in [-0.2, -0.15) is 0 Å². The van der Waals surface area contributed by atoms with E-state index in [4.69, 9.17) is 14.2 Å². The van der Waals surface area contributed by atoms with Gasteiger partial charge in [-0.1, -0.05) is 13.8 Å². The Hall–Kier alpha value is -0.120. The molecular formula is C16H28O3. The highest BCUT2D eigenvalue weighted by Gasteiger charge is 2.41. The fourth-order valence-corrected chi connectivity index (χ4v) is 3.85. The van der Waals surface area contributed by atoms with Gasteiger partial charge < -0.3 is 14.2 Å². The van der Waals surface area contributed by atoms with Gasteiger partial charge >= 0.3 is 0 Å². The van der Waals surface area contributed by atoms with Gasteiger partial charge in [0.05, 0.1) is 25.4 Å². The van der Waals surface area contributed by atoms with Crippen molar-refractivity contribution in [3.63, 3.8) is 0 Å². The molecule has 1 aliphatic heterocycles. The van der Waals surface area contributed by atoms with Crippen LogP contribution in [0.2, 0.25) is 0 Å². The zero-order chi connectivity index (χ0) is 13.3. The average molecular weight is 268 g/mol. The summed E-state index contributed by atoms with van der Waals surface area (Å²) >= 11 is 0. The predicted molar refractivity (Wildman–Crippen MR) is 73.9 cm³/mol. The van der Waals surface area contributed by atoms with Crippen molar-refractivity contribution in [3.8, 4) is 0 Å². The van der Waals surface area contributed by atoms with Gasteiger partial charge in [0.25, 0.3) is 0 Å². The van der Waals surface area contributed by atoms with Gasteiger partial charge in [0.15, 0.2) is 5.79 Å². The van der Waals surface area contributed by atoms with Crippen molar-refractivity contribution in [2.24, 2.45) is 11.8 Å². The van der Waals surface area contributed by atoms with Gasteiger partial charge in [0, 0.05) is 12.8 Å². The Morgan fingerprint density at radius 1 is 0.842 bits per heavy atom. The second kappa shape index (κ2) is 5.71. The third-order valence-corrected chi connectivity index (χ3v) is 5.44. The molecular weight excluding hydrogens is 240 g/mol. The lowest BCUT2D eigenvalue weighted by Crippen LogP contribution is -2.39. The molecule has 3 atom stereocenters. The van der Waals surface area contributed by atoms with Gasteiger partial charge in [-0.3, -0.25) is 0 Å². The maximum atomic E-state index is 6.34. The third kappa shape index (κ3) is 3.14. The molecule has 0 aromatic heterocycles. The summed E-state index contributed by atoms with van der Waals surface area (Å²) in [7, 11) is 0. The highest BCUT2D eigenvalue weighted by atomic mass is 16.7. The number of hydrogen-bond acceptors (Lipinski definition) is 3. The minimum atomic E-state index is -0.242. The molecule has 1 saturated heterocycles. The second-order valence-corrected chi connectivity index (χ2v) is 6.83. The van der Waals surface area contributed by atoms with E-state index in [1.807, 2.05) is 0 Å². The molecule has 2 aliphatic carbocycles. The van der Waals surface area contributed by atoms with E-state index in [0.717, 1.165) is 50.7 Å². The molecule has 0 N–H and O–H groups in total. The van der Waals surface area contributed by atoms with Gasteiger partial charge in [0.1, 0.15) is 0 Å². The van der Waals surface area contributed by atoms with Crippen molar-refractivity contribution in [1.82, 2.24) is 0 Å². The van der Waals surface area contributed by atoms with E-state index in [2.05, 4.69) is 13.8 Å². The van der Waals surface area contributed by atoms with Crippen LogP contribution < -0.4 is 0 Å². The molecule has 3 heteroatoms. The zero-order valence-corrected chi connectivity index (χ0v) is 12.4. The van der Waals surface area contributed by atoms with E-state index < -0.39 is 0 Å². The van der Waals surface area contributed by atoms with Crippen LogP contribution in [0.3, 0.4) is 0 Å². The topological polar surface area (TPSA) is 27.7 Å². The standard InChI is InChI=1S/C16H28O3/c1-12-3-4-15(11-13(12)2)19-14-5-7-16(8-6-14)17-9-10-18-16/h12-15H,3-11H2,1-2H3. The fourth-order valence-electron chi connectivity index (χ4n) is 3.85. The van der Waals surface area contributed by atoms with Gasteiger partial charge in [-0.25, -0.2) is 0 Å². The third-order valence-electron chi connectivity index (χ3n) is 5.44. The van der Waals surface area contributed by atoms with Crippen LogP contribution in [-0.4, -0.2) is 31.2 Å². The summed E-state index contributed by atoms with van der Waals surface area (Å²) in [5, 5.41) is 0. The number of rotatable bonds is 2. The maximum Gasteiger partial charge on any atom is 0.168 e. The second-order valence-electron chi connectivity index (χ2n) is 6.83. The zero-order valence-electron chi connectivity index (χ0n) is 12.4. The van der Waals surface area contributed by atoms with Crippen LogP contribution in [0.25, 0.3) is 0 Å². The Bertz CT molecular complexity index is 288. The van der Waals surface area contributed by atoms with Crippen molar-refractivity contribution in [2.75, 3.05) is 13.2 Å². The van der Waals surface area contributed by atoms with Crippen molar-refractivity contribution in [1.29, 1.82) is 0 Å². The Balaban J connectivity index is 1.44. The van der Waals surface area contributed by atoms with Crippen LogP contribution >= 0.6 is 0 Å². The van der Waals surface area contributed by atoms with Crippen molar-refractivity contribution >= 4 is 0 Å². The summed E-state index contributed by atoms with van der Waals surface area (Å²) < 4.78 is 17.9. The smallest absolute Gasteiger partial charge is 0.168 e. The maximum absolute atomic E-state index is 6.34. The Labute approximate surface area is 117 Å². The highest BCUT2D eigenvalue weighted by molar-refractivity contribution is 4.84. The molecule has 3 nitrogen and oxygen atoms in total. The molecule has 110 valence electrons. The lowest BCUT2D eigenvalue weighted by atomic mass is 9.80. The van der Waals surface area contributed by atoms with Crippen LogP contribution in [0.15, 0.2) is 0 Å². The van der Waals surface area contributed by atoms with Gasteiger partial charge in [-0.15, -0.1) is 0 Å². The molecule has 2 saturated carbocycles.